The fourth-order valence-electron chi connectivity index (χ4n) is 16.2. The third-order valence-corrected chi connectivity index (χ3v) is 20.8. The van der Waals surface area contributed by atoms with Gasteiger partial charge < -0.3 is 104 Å². The van der Waals surface area contributed by atoms with Crippen molar-refractivity contribution >= 4 is 17.9 Å². The van der Waals surface area contributed by atoms with Crippen molar-refractivity contribution in [3.8, 4) is 0 Å². The standard InChI is InChI=1S/C55H86O24/c1-10-11-31(60)75-43-44(79-46(71)23(2)3)55(22-59)25(18-50(43,4)5)24-12-13-29-51(6)16-15-30(52(7,21-58)28(51)14-17-53(29,8)54(24,9)41(67)42(55)68)74-49-40(78-48-36(65)34(63)32(61)26(19-56)72-48)38(37(66)39(77-49)45(69)70)76-47-35(64)33(62)27(20-57)73-47/h10-12,23,25-30,32-44,47-49,56-59,61-68H,13-22H2,1-9H3,(H,69,70)/b11-10-/t25-,26+,27-,28+,29+,30?,32+,33-,34-,35+,36+,37-,38-,39-,40+,41-,42+,43-,44-,47-,48-,49+,51-,52+,53+,54-,55-/m0/s1. The zero-order chi connectivity index (χ0) is 58.4. The Bertz CT molecular complexity index is 2280. The molecule has 0 aromatic carbocycles. The summed E-state index contributed by atoms with van der Waals surface area (Å²) >= 11 is 0. The van der Waals surface area contributed by atoms with Crippen LogP contribution in [-0.2, 0) is 52.3 Å². The molecule has 0 aromatic rings. The Labute approximate surface area is 459 Å². The van der Waals surface area contributed by atoms with Crippen molar-refractivity contribution < 1.29 is 119 Å². The van der Waals surface area contributed by atoms with E-state index in [2.05, 4.69) is 19.9 Å². The minimum atomic E-state index is -2.17. The maximum Gasteiger partial charge on any atom is 0.335 e. The molecule has 13 N–H and O–H groups in total. The van der Waals surface area contributed by atoms with Gasteiger partial charge in [0, 0.05) is 22.3 Å². The summed E-state index contributed by atoms with van der Waals surface area (Å²) in [7, 11) is 0. The first-order valence-corrected chi connectivity index (χ1v) is 27.7. The Balaban J connectivity index is 1.15. The average Bonchev–Trinajstić information content (AvgIpc) is 1.89. The molecule has 8 rings (SSSR count). The van der Waals surface area contributed by atoms with E-state index in [0.717, 1.165) is 5.57 Å². The minimum Gasteiger partial charge on any atom is -0.479 e. The zero-order valence-corrected chi connectivity index (χ0v) is 46.4. The van der Waals surface area contributed by atoms with Crippen LogP contribution in [0.25, 0.3) is 0 Å². The van der Waals surface area contributed by atoms with Crippen LogP contribution in [0.4, 0.5) is 0 Å². The Morgan fingerprint density at radius 1 is 0.684 bits per heavy atom. The van der Waals surface area contributed by atoms with Crippen molar-refractivity contribution in [3.05, 3.63) is 23.8 Å². The molecule has 24 heteroatoms. The van der Waals surface area contributed by atoms with Gasteiger partial charge in [0.05, 0.1) is 56.1 Å². The van der Waals surface area contributed by atoms with Gasteiger partial charge in [0.2, 0.25) is 0 Å². The number of aliphatic carboxylic acids is 1. The highest BCUT2D eigenvalue weighted by Crippen LogP contribution is 2.76. The second kappa shape index (κ2) is 22.6. The molecule has 0 amide bonds. The molecule has 4 saturated carbocycles. The second-order valence-corrected chi connectivity index (χ2v) is 25.6. The lowest BCUT2D eigenvalue weighted by Gasteiger charge is -2.73. The molecule has 0 radical (unpaired) electrons. The minimum absolute atomic E-state index is 0.170. The van der Waals surface area contributed by atoms with Gasteiger partial charge in [0.25, 0.3) is 0 Å². The van der Waals surface area contributed by atoms with Crippen LogP contribution in [0, 0.1) is 56.2 Å². The molecule has 7 fully saturated rings. The van der Waals surface area contributed by atoms with Crippen molar-refractivity contribution in [1.29, 1.82) is 0 Å². The maximum atomic E-state index is 13.6. The molecular formula is C55H86O24. The maximum absolute atomic E-state index is 13.6. The molecule has 24 nitrogen and oxygen atoms in total. The number of carboxylic acids is 1. The summed E-state index contributed by atoms with van der Waals surface area (Å²) in [6.07, 6.45) is -25.9. The molecule has 0 aromatic heterocycles. The van der Waals surface area contributed by atoms with Crippen molar-refractivity contribution in [3.63, 3.8) is 0 Å². The van der Waals surface area contributed by atoms with Crippen LogP contribution in [0.15, 0.2) is 23.8 Å². The Morgan fingerprint density at radius 3 is 1.84 bits per heavy atom. The molecule has 8 aliphatic rings. The van der Waals surface area contributed by atoms with Crippen LogP contribution in [0.1, 0.15) is 101 Å². The predicted molar refractivity (Wildman–Crippen MR) is 269 cm³/mol. The molecule has 3 saturated heterocycles. The van der Waals surface area contributed by atoms with Crippen LogP contribution < -0.4 is 0 Å². The lowest BCUT2D eigenvalue weighted by molar-refractivity contribution is -0.387. The topological polar surface area (TPSA) is 388 Å². The molecule has 0 bridgehead atoms. The third-order valence-electron chi connectivity index (χ3n) is 20.8. The molecule has 1 unspecified atom stereocenters. The fourth-order valence-corrected chi connectivity index (χ4v) is 16.2. The van der Waals surface area contributed by atoms with Crippen LogP contribution >= 0.6 is 0 Å². The number of fused-ring (bicyclic) bond motifs is 7. The van der Waals surface area contributed by atoms with E-state index in [1.165, 1.54) is 12.2 Å². The fraction of sp³-hybridized carbons (Fsp3) is 0.873. The highest BCUT2D eigenvalue weighted by molar-refractivity contribution is 5.82. The molecular weight excluding hydrogens is 1040 g/mol. The second-order valence-electron chi connectivity index (χ2n) is 25.6. The first kappa shape index (κ1) is 62.2. The van der Waals surface area contributed by atoms with Gasteiger partial charge in [0.1, 0.15) is 67.1 Å². The number of aliphatic hydroxyl groups excluding tert-OH is 12. The van der Waals surface area contributed by atoms with E-state index in [1.807, 2.05) is 27.7 Å². The van der Waals surface area contributed by atoms with Crippen LogP contribution in [0.5, 0.6) is 0 Å². The van der Waals surface area contributed by atoms with E-state index < -0.39 is 205 Å². The summed E-state index contributed by atoms with van der Waals surface area (Å²) in [5.41, 5.74) is -5.67. The van der Waals surface area contributed by atoms with Gasteiger partial charge in [-0.25, -0.2) is 9.59 Å². The van der Waals surface area contributed by atoms with Crippen LogP contribution in [-0.4, -0.2) is 227 Å². The van der Waals surface area contributed by atoms with Gasteiger partial charge in [0.15, 0.2) is 31.1 Å². The molecule has 5 aliphatic carbocycles. The van der Waals surface area contributed by atoms with Gasteiger partial charge in [-0.2, -0.15) is 0 Å². The summed E-state index contributed by atoms with van der Waals surface area (Å²) in [5, 5.41) is 145. The summed E-state index contributed by atoms with van der Waals surface area (Å²) in [6, 6.07) is 0. The summed E-state index contributed by atoms with van der Waals surface area (Å²) < 4.78 is 48.6. The van der Waals surface area contributed by atoms with Crippen LogP contribution in [0.3, 0.4) is 0 Å². The number of hydrogen-bond acceptors (Lipinski definition) is 23. The van der Waals surface area contributed by atoms with E-state index in [4.69, 9.17) is 37.9 Å². The molecule has 0 spiro atoms. The summed E-state index contributed by atoms with van der Waals surface area (Å²) in [5.74, 6) is -5.01. The van der Waals surface area contributed by atoms with Crippen molar-refractivity contribution in [2.45, 2.75) is 217 Å². The first-order valence-electron chi connectivity index (χ1n) is 27.7. The smallest absolute Gasteiger partial charge is 0.335 e. The molecule has 450 valence electrons. The van der Waals surface area contributed by atoms with Gasteiger partial charge in [-0.3, -0.25) is 4.79 Å². The van der Waals surface area contributed by atoms with Gasteiger partial charge in [-0.15, -0.1) is 0 Å². The quantitative estimate of drug-likeness (QED) is 0.0385. The normalized spacial score (nSPS) is 50.4. The number of carbonyl (C=O) groups excluding carboxylic acids is 2. The van der Waals surface area contributed by atoms with Gasteiger partial charge in [-0.05, 0) is 74.0 Å². The van der Waals surface area contributed by atoms with E-state index >= 15 is 0 Å². The van der Waals surface area contributed by atoms with Crippen molar-refractivity contribution in [1.82, 2.24) is 0 Å². The Morgan fingerprint density at radius 2 is 1.28 bits per heavy atom. The number of hydrogen-bond donors (Lipinski definition) is 13. The lowest BCUT2D eigenvalue weighted by Crippen LogP contribution is -2.76. The number of rotatable bonds is 15. The number of carboxylic acid groups (broad SMARTS) is 1. The number of carbonyl (C=O) groups is 3. The number of aliphatic hydroxyl groups is 12. The van der Waals surface area contributed by atoms with Crippen molar-refractivity contribution in [2.75, 3.05) is 26.4 Å². The zero-order valence-electron chi connectivity index (χ0n) is 46.4. The van der Waals surface area contributed by atoms with E-state index in [9.17, 15) is 80.8 Å². The van der Waals surface area contributed by atoms with E-state index in [1.54, 1.807) is 20.8 Å². The third kappa shape index (κ3) is 9.75. The monoisotopic (exact) mass is 1130 g/mol. The van der Waals surface area contributed by atoms with Crippen molar-refractivity contribution in [2.24, 2.45) is 56.2 Å². The molecule has 3 heterocycles. The van der Waals surface area contributed by atoms with Crippen LogP contribution in [0.2, 0.25) is 0 Å². The number of ether oxygens (including phenoxy) is 8. The SMILES string of the molecule is C/C=C\C(=O)O[C@H]1[C@H](OC(=O)C(C)C)[C@]2(CO)[C@H](O)[C@H](O)[C@]3(C)C(=CC[C@@H]4[C@@]5(C)CCC(O[C@@H]6O[C@H](C(=O)O)[C@@H](O)[C@H](O[C@@H]7O[C@@H](CO)[C@H](O)[C@H]7O)[C@H]6O[C@@H]6O[C@H](CO)[C@@H](O)[C@H](O)[C@H]6O)[C@](C)(CO)[C@@H]5CC[C@]43C)[C@@H]2CC1(C)C. The highest BCUT2D eigenvalue weighted by Gasteiger charge is 2.77. The number of esters is 2. The summed E-state index contributed by atoms with van der Waals surface area (Å²) in [6.45, 7) is 13.8. The Kier molecular flexibility index (Phi) is 17.8. The largest absolute Gasteiger partial charge is 0.479 e. The average molecular weight is 1130 g/mol. The molecule has 79 heavy (non-hydrogen) atoms. The first-order chi connectivity index (χ1) is 36.9. The summed E-state index contributed by atoms with van der Waals surface area (Å²) in [4.78, 5) is 39.7. The lowest BCUT2D eigenvalue weighted by atomic mass is 9.32. The molecule has 3 aliphatic heterocycles. The highest BCUT2D eigenvalue weighted by atomic mass is 16.8. The van der Waals surface area contributed by atoms with Gasteiger partial charge >= 0.3 is 17.9 Å². The van der Waals surface area contributed by atoms with Gasteiger partial charge in [-0.1, -0.05) is 73.1 Å². The van der Waals surface area contributed by atoms with E-state index in [0.29, 0.717) is 25.7 Å². The van der Waals surface area contributed by atoms with E-state index in [-0.39, 0.29) is 24.7 Å². The Hall–Kier alpha value is -2.83. The number of allylic oxidation sites excluding steroid dienone is 2. The predicted octanol–water partition coefficient (Wildman–Crippen LogP) is -1.47. The molecule has 27 atom stereocenters.